The van der Waals surface area contributed by atoms with E-state index in [0.29, 0.717) is 5.82 Å². The molecule has 1 rings (SSSR count). The third-order valence-electron chi connectivity index (χ3n) is 1.02. The number of aromatic nitrogens is 1. The monoisotopic (exact) mass is 166 g/mol. The number of anilines is 1. The predicted molar refractivity (Wildman–Crippen MR) is 46.5 cm³/mol. The number of rotatable bonds is 2. The van der Waals surface area contributed by atoms with Crippen LogP contribution in [0.5, 0.6) is 0 Å². The summed E-state index contributed by atoms with van der Waals surface area (Å²) in [5.41, 5.74) is 0. The van der Waals surface area contributed by atoms with Crippen LogP contribution in [-0.2, 0) is 4.79 Å². The minimum absolute atomic E-state index is 0.321. The highest BCUT2D eigenvalue weighted by atomic mass is 32.1. The van der Waals surface area contributed by atoms with Crippen molar-refractivity contribution in [3.8, 4) is 0 Å². The van der Waals surface area contributed by atoms with Crippen molar-refractivity contribution < 1.29 is 4.79 Å². The van der Waals surface area contributed by atoms with Crippen molar-refractivity contribution in [1.29, 1.82) is 0 Å². The van der Waals surface area contributed by atoms with Crippen molar-refractivity contribution >= 4 is 29.3 Å². The van der Waals surface area contributed by atoms with Crippen LogP contribution in [0.4, 0.5) is 5.82 Å². The van der Waals surface area contributed by atoms with Crippen molar-refractivity contribution in [1.82, 2.24) is 4.98 Å². The molecule has 0 saturated carbocycles. The zero-order valence-electron chi connectivity index (χ0n) is 5.65. The number of nitrogens with zero attached hydrogens (tertiary/aromatic N) is 1. The number of amides is 1. The van der Waals surface area contributed by atoms with Crippen LogP contribution >= 0.6 is 12.2 Å². The number of hydrogen-bond donors (Lipinski definition) is 1. The second-order valence-corrected chi connectivity index (χ2v) is 2.06. The van der Waals surface area contributed by atoms with E-state index < -0.39 is 0 Å². The maximum absolute atomic E-state index is 10.7. The van der Waals surface area contributed by atoms with Gasteiger partial charge in [-0.1, -0.05) is 18.3 Å². The van der Waals surface area contributed by atoms with E-state index >= 15 is 0 Å². The van der Waals surface area contributed by atoms with E-state index in [9.17, 15) is 4.79 Å². The summed E-state index contributed by atoms with van der Waals surface area (Å²) in [4.78, 5) is 14.5. The molecule has 0 atom stereocenters. The predicted octanol–water partition coefficient (Wildman–Crippen LogP) is 1.02. The molecule has 56 valence electrons. The average molecular weight is 166 g/mol. The van der Waals surface area contributed by atoms with Gasteiger partial charge in [0.2, 0.25) is 0 Å². The van der Waals surface area contributed by atoms with E-state index in [0.717, 1.165) is 5.37 Å². The third-order valence-corrected chi connectivity index (χ3v) is 1.24. The van der Waals surface area contributed by atoms with E-state index in [1.54, 1.807) is 24.4 Å². The molecule has 1 amide bonds. The molecule has 11 heavy (non-hydrogen) atoms. The first kappa shape index (κ1) is 7.81. The summed E-state index contributed by atoms with van der Waals surface area (Å²) in [5, 5.41) is 3.52. The molecule has 0 aliphatic carbocycles. The molecular weight excluding hydrogens is 160 g/mol. The summed E-state index contributed by atoms with van der Waals surface area (Å²) in [5.74, 6) is 0.192. The van der Waals surface area contributed by atoms with Crippen molar-refractivity contribution in [3.05, 3.63) is 24.4 Å². The lowest BCUT2D eigenvalue weighted by atomic mass is 10.4. The fraction of sp³-hybridized carbons (Fsp3) is 0. The fourth-order valence-electron chi connectivity index (χ4n) is 0.592. The largest absolute Gasteiger partial charge is 0.306 e. The zero-order chi connectivity index (χ0) is 8.10. The Morgan fingerprint density at radius 1 is 1.64 bits per heavy atom. The SMILES string of the molecule is O=C(C=S)Nc1ccccn1. The Labute approximate surface area is 69.5 Å². The first-order valence-electron chi connectivity index (χ1n) is 3.00. The molecule has 0 aliphatic rings. The molecule has 0 fully saturated rings. The molecule has 0 unspecified atom stereocenters. The molecule has 1 aromatic rings. The van der Waals surface area contributed by atoms with Crippen LogP contribution in [0.15, 0.2) is 24.4 Å². The lowest BCUT2D eigenvalue weighted by Crippen LogP contribution is -2.11. The second kappa shape index (κ2) is 3.78. The molecule has 0 spiro atoms. The minimum atomic E-state index is -0.321. The summed E-state index contributed by atoms with van der Waals surface area (Å²) < 4.78 is 0. The van der Waals surface area contributed by atoms with Crippen LogP contribution in [0.2, 0.25) is 0 Å². The van der Waals surface area contributed by atoms with Crippen molar-refractivity contribution in [2.24, 2.45) is 0 Å². The van der Waals surface area contributed by atoms with Gasteiger partial charge in [-0.2, -0.15) is 0 Å². The molecule has 3 nitrogen and oxygen atoms in total. The van der Waals surface area contributed by atoms with Gasteiger partial charge in [-0.25, -0.2) is 4.98 Å². The van der Waals surface area contributed by atoms with Gasteiger partial charge in [0.15, 0.2) is 0 Å². The third kappa shape index (κ3) is 2.43. The molecular formula is C7H6N2OS. The van der Waals surface area contributed by atoms with Gasteiger partial charge >= 0.3 is 0 Å². The van der Waals surface area contributed by atoms with Crippen LogP contribution in [-0.4, -0.2) is 16.3 Å². The quantitative estimate of drug-likeness (QED) is 0.667. The summed E-state index contributed by atoms with van der Waals surface area (Å²) >= 11 is 4.41. The molecule has 1 aromatic heterocycles. The van der Waals surface area contributed by atoms with Crippen molar-refractivity contribution in [2.75, 3.05) is 5.32 Å². The van der Waals surface area contributed by atoms with E-state index in [1.807, 2.05) is 0 Å². The number of carbonyl (C=O) groups excluding carboxylic acids is 1. The minimum Gasteiger partial charge on any atom is -0.306 e. The fourth-order valence-corrected chi connectivity index (χ4v) is 0.651. The molecule has 1 heterocycles. The first-order chi connectivity index (χ1) is 5.33. The standard InChI is InChI=1S/C7H6N2OS/c10-7(5-11)9-6-3-1-2-4-8-6/h1-5H,(H,8,9,10). The summed E-state index contributed by atoms with van der Waals surface area (Å²) in [6, 6.07) is 5.25. The van der Waals surface area contributed by atoms with Crippen molar-refractivity contribution in [2.45, 2.75) is 0 Å². The number of thiocarbonyl (C=S) groups is 1. The van der Waals surface area contributed by atoms with Gasteiger partial charge in [0.05, 0.1) is 5.37 Å². The molecule has 1 N–H and O–H groups in total. The van der Waals surface area contributed by atoms with Crippen LogP contribution in [0.25, 0.3) is 0 Å². The zero-order valence-corrected chi connectivity index (χ0v) is 6.47. The Balaban J connectivity index is 2.65. The highest BCUT2D eigenvalue weighted by Crippen LogP contribution is 1.97. The second-order valence-electron chi connectivity index (χ2n) is 1.82. The van der Waals surface area contributed by atoms with Gasteiger partial charge in [-0.05, 0) is 12.1 Å². The van der Waals surface area contributed by atoms with Gasteiger partial charge < -0.3 is 5.32 Å². The Morgan fingerprint density at radius 3 is 3.00 bits per heavy atom. The normalized spacial score (nSPS) is 8.73. The van der Waals surface area contributed by atoms with E-state index in [1.165, 1.54) is 0 Å². The van der Waals surface area contributed by atoms with Gasteiger partial charge in [0.1, 0.15) is 5.82 Å². The summed E-state index contributed by atoms with van der Waals surface area (Å²) in [7, 11) is 0. The maximum atomic E-state index is 10.7. The van der Waals surface area contributed by atoms with Gasteiger partial charge in [-0.3, -0.25) is 4.79 Å². The van der Waals surface area contributed by atoms with Crippen LogP contribution in [0.3, 0.4) is 0 Å². The van der Waals surface area contributed by atoms with Gasteiger partial charge in [-0.15, -0.1) is 0 Å². The average Bonchev–Trinajstić information content (AvgIpc) is 2.06. The van der Waals surface area contributed by atoms with Crippen LogP contribution < -0.4 is 5.32 Å². The molecule has 0 aromatic carbocycles. The Hall–Kier alpha value is -1.29. The van der Waals surface area contributed by atoms with Gasteiger partial charge in [0, 0.05) is 6.20 Å². The van der Waals surface area contributed by atoms with Crippen molar-refractivity contribution in [3.63, 3.8) is 0 Å². The Bertz CT molecular complexity index is 260. The lowest BCUT2D eigenvalue weighted by Gasteiger charge is -1.97. The Morgan fingerprint density at radius 2 is 2.45 bits per heavy atom. The van der Waals surface area contributed by atoms with E-state index in [2.05, 4.69) is 22.5 Å². The Kier molecular flexibility index (Phi) is 2.68. The molecule has 0 saturated heterocycles. The molecule has 0 bridgehead atoms. The highest BCUT2D eigenvalue weighted by molar-refractivity contribution is 7.80. The number of nitrogens with one attached hydrogen (secondary N) is 1. The van der Waals surface area contributed by atoms with E-state index in [4.69, 9.17) is 0 Å². The number of carbonyl (C=O) groups is 1. The number of hydrogen-bond acceptors (Lipinski definition) is 3. The smallest absolute Gasteiger partial charge is 0.260 e. The summed E-state index contributed by atoms with van der Waals surface area (Å²) in [6.07, 6.45) is 1.60. The van der Waals surface area contributed by atoms with Gasteiger partial charge in [0.25, 0.3) is 5.91 Å². The summed E-state index contributed by atoms with van der Waals surface area (Å²) in [6.45, 7) is 0. The molecule has 4 heteroatoms. The molecule has 0 aliphatic heterocycles. The highest BCUT2D eigenvalue weighted by Gasteiger charge is 1.95. The number of pyridine rings is 1. The molecule has 0 radical (unpaired) electrons. The topological polar surface area (TPSA) is 42.0 Å². The lowest BCUT2D eigenvalue weighted by molar-refractivity contribution is -0.109. The van der Waals surface area contributed by atoms with Crippen LogP contribution in [0.1, 0.15) is 0 Å². The first-order valence-corrected chi connectivity index (χ1v) is 3.47. The van der Waals surface area contributed by atoms with E-state index in [-0.39, 0.29) is 5.91 Å². The van der Waals surface area contributed by atoms with Crippen LogP contribution in [0, 0.1) is 0 Å². The maximum Gasteiger partial charge on any atom is 0.260 e.